The predicted molar refractivity (Wildman–Crippen MR) is 79.8 cm³/mol. The maximum absolute atomic E-state index is 5.75. The number of rotatable bonds is 8. The molecule has 0 radical (unpaired) electrons. The SMILES string of the molecule is COC(C)Nc1nc(N)nc(N(C(C)OC)C(C)OC)n1. The molecular formula is C12H24N6O3. The number of nitrogen functional groups attached to an aromatic ring is 1. The largest absolute Gasteiger partial charge is 0.368 e. The van der Waals surface area contributed by atoms with E-state index in [-0.39, 0.29) is 24.6 Å². The highest BCUT2D eigenvalue weighted by Crippen LogP contribution is 2.19. The summed E-state index contributed by atoms with van der Waals surface area (Å²) in [7, 11) is 4.77. The lowest BCUT2D eigenvalue weighted by Gasteiger charge is -2.32. The average molecular weight is 300 g/mol. The molecule has 3 N–H and O–H groups in total. The van der Waals surface area contributed by atoms with Crippen molar-refractivity contribution in [1.29, 1.82) is 0 Å². The average Bonchev–Trinajstić information content (AvgIpc) is 2.46. The number of nitrogens with two attached hydrogens (primary N) is 1. The summed E-state index contributed by atoms with van der Waals surface area (Å²) in [5.41, 5.74) is 5.75. The van der Waals surface area contributed by atoms with Gasteiger partial charge in [0.05, 0.1) is 0 Å². The van der Waals surface area contributed by atoms with E-state index in [1.54, 1.807) is 26.2 Å². The first-order valence-corrected chi connectivity index (χ1v) is 6.57. The van der Waals surface area contributed by atoms with E-state index < -0.39 is 0 Å². The Morgan fingerprint density at radius 1 is 0.952 bits per heavy atom. The molecule has 0 aliphatic carbocycles. The van der Waals surface area contributed by atoms with Gasteiger partial charge in [-0.2, -0.15) is 15.0 Å². The van der Waals surface area contributed by atoms with Gasteiger partial charge in [-0.25, -0.2) is 0 Å². The van der Waals surface area contributed by atoms with Gasteiger partial charge in [0.15, 0.2) is 0 Å². The van der Waals surface area contributed by atoms with Gasteiger partial charge in [0.2, 0.25) is 17.8 Å². The van der Waals surface area contributed by atoms with E-state index in [0.29, 0.717) is 11.9 Å². The molecular weight excluding hydrogens is 276 g/mol. The minimum atomic E-state index is -0.297. The van der Waals surface area contributed by atoms with Crippen LogP contribution in [0, 0.1) is 0 Å². The summed E-state index contributed by atoms with van der Waals surface area (Å²) in [6.45, 7) is 5.55. The highest BCUT2D eigenvalue weighted by Gasteiger charge is 2.24. The molecule has 1 aromatic rings. The molecule has 120 valence electrons. The summed E-state index contributed by atoms with van der Waals surface area (Å²) in [5, 5.41) is 2.97. The first-order valence-electron chi connectivity index (χ1n) is 6.57. The van der Waals surface area contributed by atoms with Gasteiger partial charge in [-0.05, 0) is 20.8 Å². The fraction of sp³-hybridized carbons (Fsp3) is 0.750. The molecule has 0 fully saturated rings. The number of ether oxygens (including phenoxy) is 3. The molecule has 0 spiro atoms. The summed E-state index contributed by atoms with van der Waals surface area (Å²) in [5.74, 6) is 0.780. The zero-order valence-corrected chi connectivity index (χ0v) is 13.3. The van der Waals surface area contributed by atoms with Crippen LogP contribution in [-0.2, 0) is 14.2 Å². The van der Waals surface area contributed by atoms with Crippen molar-refractivity contribution in [2.45, 2.75) is 39.5 Å². The van der Waals surface area contributed by atoms with Gasteiger partial charge < -0.3 is 25.3 Å². The van der Waals surface area contributed by atoms with E-state index in [2.05, 4.69) is 20.3 Å². The summed E-state index contributed by atoms with van der Waals surface area (Å²) in [6.07, 6.45) is -0.850. The lowest BCUT2D eigenvalue weighted by Crippen LogP contribution is -2.43. The Labute approximate surface area is 124 Å². The fourth-order valence-corrected chi connectivity index (χ4v) is 1.65. The van der Waals surface area contributed by atoms with Gasteiger partial charge in [0.1, 0.15) is 18.7 Å². The Kier molecular flexibility index (Phi) is 6.53. The lowest BCUT2D eigenvalue weighted by molar-refractivity contribution is 0.0410. The molecule has 0 bridgehead atoms. The quantitative estimate of drug-likeness (QED) is 0.669. The van der Waals surface area contributed by atoms with Crippen molar-refractivity contribution in [2.24, 2.45) is 0 Å². The van der Waals surface area contributed by atoms with Gasteiger partial charge >= 0.3 is 0 Å². The zero-order valence-electron chi connectivity index (χ0n) is 13.3. The van der Waals surface area contributed by atoms with Gasteiger partial charge in [-0.3, -0.25) is 4.90 Å². The van der Waals surface area contributed by atoms with E-state index in [1.165, 1.54) is 0 Å². The van der Waals surface area contributed by atoms with Crippen LogP contribution in [0.25, 0.3) is 0 Å². The predicted octanol–water partition coefficient (Wildman–Crippen LogP) is 0.649. The zero-order chi connectivity index (χ0) is 16.0. The standard InChI is InChI=1S/C12H24N6O3/c1-7(19-4)14-11-15-10(13)16-12(17-11)18(8(2)20-5)9(3)21-6/h7-9H,1-6H3,(H3,13,14,15,16,17). The van der Waals surface area contributed by atoms with Gasteiger partial charge in [-0.1, -0.05) is 0 Å². The highest BCUT2D eigenvalue weighted by atomic mass is 16.5. The molecule has 0 aliphatic rings. The number of hydrogen-bond donors (Lipinski definition) is 2. The Hall–Kier alpha value is -1.71. The molecule has 3 unspecified atom stereocenters. The third-order valence-electron chi connectivity index (χ3n) is 3.02. The van der Waals surface area contributed by atoms with Crippen molar-refractivity contribution >= 4 is 17.8 Å². The van der Waals surface area contributed by atoms with Crippen LogP contribution in [-0.4, -0.2) is 55.0 Å². The Morgan fingerprint density at radius 3 is 2.00 bits per heavy atom. The van der Waals surface area contributed by atoms with Gasteiger partial charge in [-0.15, -0.1) is 0 Å². The van der Waals surface area contributed by atoms with Crippen LogP contribution in [0.1, 0.15) is 20.8 Å². The topological polar surface area (TPSA) is 108 Å². The van der Waals surface area contributed by atoms with Gasteiger partial charge in [0, 0.05) is 21.3 Å². The summed E-state index contributed by atoms with van der Waals surface area (Å²) >= 11 is 0. The normalized spacial score (nSPS) is 15.3. The van der Waals surface area contributed by atoms with Crippen LogP contribution in [0.2, 0.25) is 0 Å². The highest BCUT2D eigenvalue weighted by molar-refractivity contribution is 5.42. The van der Waals surface area contributed by atoms with E-state index in [9.17, 15) is 0 Å². The Bertz CT molecular complexity index is 437. The van der Waals surface area contributed by atoms with Gasteiger partial charge in [0.25, 0.3) is 0 Å². The third-order valence-corrected chi connectivity index (χ3v) is 3.02. The van der Waals surface area contributed by atoms with Crippen LogP contribution in [0.5, 0.6) is 0 Å². The number of aromatic nitrogens is 3. The van der Waals surface area contributed by atoms with E-state index in [4.69, 9.17) is 19.9 Å². The molecule has 0 aromatic carbocycles. The van der Waals surface area contributed by atoms with E-state index in [1.807, 2.05) is 20.8 Å². The molecule has 1 aromatic heterocycles. The molecule has 0 saturated heterocycles. The lowest BCUT2D eigenvalue weighted by atomic mass is 10.4. The first kappa shape index (κ1) is 17.3. The molecule has 3 atom stereocenters. The van der Waals surface area contributed by atoms with Crippen LogP contribution >= 0.6 is 0 Å². The minimum Gasteiger partial charge on any atom is -0.368 e. The maximum Gasteiger partial charge on any atom is 0.236 e. The van der Waals surface area contributed by atoms with Crippen molar-refractivity contribution in [3.05, 3.63) is 0 Å². The second-order valence-corrected chi connectivity index (χ2v) is 4.42. The van der Waals surface area contributed by atoms with Crippen LogP contribution in [0.3, 0.4) is 0 Å². The van der Waals surface area contributed by atoms with E-state index in [0.717, 1.165) is 0 Å². The van der Waals surface area contributed by atoms with Crippen LogP contribution in [0.4, 0.5) is 17.8 Å². The molecule has 1 heterocycles. The monoisotopic (exact) mass is 300 g/mol. The second kappa shape index (κ2) is 7.91. The fourth-order valence-electron chi connectivity index (χ4n) is 1.65. The Morgan fingerprint density at radius 2 is 1.52 bits per heavy atom. The number of hydrogen-bond acceptors (Lipinski definition) is 9. The van der Waals surface area contributed by atoms with Crippen molar-refractivity contribution in [2.75, 3.05) is 37.3 Å². The summed E-state index contributed by atoms with van der Waals surface area (Å²) in [4.78, 5) is 14.3. The molecule has 9 heteroatoms. The first-order chi connectivity index (χ1) is 9.92. The summed E-state index contributed by atoms with van der Waals surface area (Å²) in [6, 6.07) is 0. The van der Waals surface area contributed by atoms with Crippen molar-refractivity contribution in [1.82, 2.24) is 15.0 Å². The molecule has 0 amide bonds. The molecule has 0 saturated carbocycles. The minimum absolute atomic E-state index is 0.0995. The van der Waals surface area contributed by atoms with Crippen molar-refractivity contribution in [3.8, 4) is 0 Å². The number of anilines is 3. The van der Waals surface area contributed by atoms with Crippen LogP contribution in [0.15, 0.2) is 0 Å². The molecule has 0 aliphatic heterocycles. The number of nitrogens with one attached hydrogen (secondary N) is 1. The number of nitrogens with zero attached hydrogens (tertiary/aromatic N) is 4. The maximum atomic E-state index is 5.75. The van der Waals surface area contributed by atoms with Crippen molar-refractivity contribution < 1.29 is 14.2 Å². The third kappa shape index (κ3) is 4.66. The van der Waals surface area contributed by atoms with E-state index >= 15 is 0 Å². The van der Waals surface area contributed by atoms with Crippen LogP contribution < -0.4 is 16.0 Å². The van der Waals surface area contributed by atoms with Crippen molar-refractivity contribution in [3.63, 3.8) is 0 Å². The molecule has 9 nitrogen and oxygen atoms in total. The molecule has 21 heavy (non-hydrogen) atoms. The smallest absolute Gasteiger partial charge is 0.236 e. The number of methoxy groups -OCH3 is 3. The molecule has 1 rings (SSSR count). The second-order valence-electron chi connectivity index (χ2n) is 4.42. The Balaban J connectivity index is 3.13. The summed E-state index contributed by atoms with van der Waals surface area (Å²) < 4.78 is 15.8.